The highest BCUT2D eigenvalue weighted by Crippen LogP contribution is 2.38. The van der Waals surface area contributed by atoms with E-state index < -0.39 is 5.54 Å². The zero-order valence-corrected chi connectivity index (χ0v) is 9.48. The van der Waals surface area contributed by atoms with Crippen molar-refractivity contribution in [1.82, 2.24) is 4.90 Å². The molecule has 4 heteroatoms. The van der Waals surface area contributed by atoms with Gasteiger partial charge in [0.25, 0.3) is 0 Å². The van der Waals surface area contributed by atoms with Crippen LogP contribution in [0.5, 0.6) is 0 Å². The van der Waals surface area contributed by atoms with Crippen molar-refractivity contribution >= 4 is 0 Å². The SMILES string of the molecule is CN(CC(N)(CO)C1CC1)C1CCOC1. The van der Waals surface area contributed by atoms with Crippen LogP contribution in [0.3, 0.4) is 0 Å². The number of rotatable bonds is 5. The Morgan fingerprint density at radius 3 is 2.67 bits per heavy atom. The summed E-state index contributed by atoms with van der Waals surface area (Å²) in [5.41, 5.74) is 5.85. The van der Waals surface area contributed by atoms with Crippen molar-refractivity contribution in [3.05, 3.63) is 0 Å². The molecule has 88 valence electrons. The van der Waals surface area contributed by atoms with E-state index in [2.05, 4.69) is 11.9 Å². The number of ether oxygens (including phenoxy) is 1. The molecule has 4 nitrogen and oxygen atoms in total. The van der Waals surface area contributed by atoms with Crippen molar-refractivity contribution < 1.29 is 9.84 Å². The lowest BCUT2D eigenvalue weighted by Crippen LogP contribution is -2.56. The van der Waals surface area contributed by atoms with Gasteiger partial charge in [0, 0.05) is 19.2 Å². The molecule has 0 spiro atoms. The Bertz CT molecular complexity index is 215. The van der Waals surface area contributed by atoms with Gasteiger partial charge in [-0.15, -0.1) is 0 Å². The summed E-state index contributed by atoms with van der Waals surface area (Å²) in [5, 5.41) is 9.40. The molecule has 0 radical (unpaired) electrons. The van der Waals surface area contributed by atoms with E-state index >= 15 is 0 Å². The van der Waals surface area contributed by atoms with Crippen LogP contribution in [0.1, 0.15) is 19.3 Å². The average Bonchev–Trinajstić information content (AvgIpc) is 2.94. The number of nitrogens with two attached hydrogens (primary N) is 1. The molecule has 2 aliphatic rings. The standard InChI is InChI=1S/C11H22N2O2/c1-13(10-4-5-15-6-10)7-11(12,8-14)9-2-3-9/h9-10,14H,2-8,12H2,1H3. The van der Waals surface area contributed by atoms with Gasteiger partial charge in [-0.2, -0.15) is 0 Å². The van der Waals surface area contributed by atoms with E-state index in [1.165, 1.54) is 12.8 Å². The van der Waals surface area contributed by atoms with Crippen LogP contribution in [0.25, 0.3) is 0 Å². The minimum atomic E-state index is -0.392. The van der Waals surface area contributed by atoms with E-state index in [0.29, 0.717) is 12.0 Å². The van der Waals surface area contributed by atoms with E-state index in [-0.39, 0.29) is 6.61 Å². The van der Waals surface area contributed by atoms with E-state index in [4.69, 9.17) is 10.5 Å². The fraction of sp³-hybridized carbons (Fsp3) is 1.00. The quantitative estimate of drug-likeness (QED) is 0.666. The Kier molecular flexibility index (Phi) is 3.30. The minimum absolute atomic E-state index is 0.0928. The number of nitrogens with zero attached hydrogens (tertiary/aromatic N) is 1. The summed E-state index contributed by atoms with van der Waals surface area (Å²) in [4.78, 5) is 2.25. The highest BCUT2D eigenvalue weighted by Gasteiger charge is 2.43. The Morgan fingerprint density at radius 1 is 1.47 bits per heavy atom. The average molecular weight is 214 g/mol. The molecule has 2 rings (SSSR count). The van der Waals surface area contributed by atoms with Gasteiger partial charge < -0.3 is 15.6 Å². The molecular weight excluding hydrogens is 192 g/mol. The van der Waals surface area contributed by atoms with Gasteiger partial charge in [-0.25, -0.2) is 0 Å². The van der Waals surface area contributed by atoms with Crippen molar-refractivity contribution in [1.29, 1.82) is 0 Å². The lowest BCUT2D eigenvalue weighted by molar-refractivity contribution is 0.102. The first kappa shape index (κ1) is 11.3. The summed E-state index contributed by atoms with van der Waals surface area (Å²) in [6, 6.07) is 0.484. The summed E-state index contributed by atoms with van der Waals surface area (Å²) < 4.78 is 5.36. The number of likely N-dealkylation sites (N-methyl/N-ethyl adjacent to an activating group) is 1. The molecule has 0 aromatic carbocycles. The first-order valence-corrected chi connectivity index (χ1v) is 5.83. The van der Waals surface area contributed by atoms with Crippen LogP contribution in [-0.2, 0) is 4.74 Å². The molecule has 1 aliphatic heterocycles. The molecular formula is C11H22N2O2. The van der Waals surface area contributed by atoms with Crippen LogP contribution in [0.2, 0.25) is 0 Å². The predicted octanol–water partition coefficient (Wildman–Crippen LogP) is -0.193. The van der Waals surface area contributed by atoms with Gasteiger partial charge in [0.05, 0.1) is 18.8 Å². The molecule has 0 aromatic rings. The summed E-state index contributed by atoms with van der Waals surface area (Å²) in [7, 11) is 2.08. The number of aliphatic hydroxyl groups is 1. The number of aliphatic hydroxyl groups excluding tert-OH is 1. The molecule has 1 aliphatic carbocycles. The summed E-state index contributed by atoms with van der Waals surface area (Å²) in [5.74, 6) is 0.521. The second-order valence-electron chi connectivity index (χ2n) is 5.10. The lowest BCUT2D eigenvalue weighted by atomic mass is 9.94. The summed E-state index contributed by atoms with van der Waals surface area (Å²) in [6.07, 6.45) is 3.43. The molecule has 0 bridgehead atoms. The van der Waals surface area contributed by atoms with Crippen molar-refractivity contribution in [2.75, 3.05) is 33.4 Å². The van der Waals surface area contributed by atoms with Gasteiger partial charge in [0.1, 0.15) is 0 Å². The summed E-state index contributed by atoms with van der Waals surface area (Å²) >= 11 is 0. The van der Waals surface area contributed by atoms with Gasteiger partial charge in [-0.1, -0.05) is 0 Å². The fourth-order valence-electron chi connectivity index (χ4n) is 2.43. The van der Waals surface area contributed by atoms with Gasteiger partial charge in [-0.05, 0) is 32.2 Å². The highest BCUT2D eigenvalue weighted by atomic mass is 16.5. The molecule has 2 fully saturated rings. The van der Waals surface area contributed by atoms with Crippen LogP contribution in [0.4, 0.5) is 0 Å². The minimum Gasteiger partial charge on any atom is -0.394 e. The van der Waals surface area contributed by atoms with E-state index in [9.17, 15) is 5.11 Å². The van der Waals surface area contributed by atoms with E-state index in [1.54, 1.807) is 0 Å². The van der Waals surface area contributed by atoms with Crippen LogP contribution in [0, 0.1) is 5.92 Å². The Balaban J connectivity index is 1.87. The second kappa shape index (κ2) is 4.37. The number of hydrogen-bond acceptors (Lipinski definition) is 4. The van der Waals surface area contributed by atoms with E-state index in [1.807, 2.05) is 0 Å². The number of hydrogen-bond donors (Lipinski definition) is 2. The van der Waals surface area contributed by atoms with Crippen molar-refractivity contribution in [2.45, 2.75) is 30.8 Å². The molecule has 1 saturated carbocycles. The third-order valence-electron chi connectivity index (χ3n) is 3.76. The zero-order valence-electron chi connectivity index (χ0n) is 9.48. The van der Waals surface area contributed by atoms with Gasteiger partial charge >= 0.3 is 0 Å². The van der Waals surface area contributed by atoms with Crippen molar-refractivity contribution in [2.24, 2.45) is 11.7 Å². The Morgan fingerprint density at radius 2 is 2.20 bits per heavy atom. The normalized spacial score (nSPS) is 30.8. The molecule has 0 amide bonds. The topological polar surface area (TPSA) is 58.7 Å². The second-order valence-corrected chi connectivity index (χ2v) is 5.10. The lowest BCUT2D eigenvalue weighted by Gasteiger charge is -2.34. The first-order chi connectivity index (χ1) is 7.15. The maximum atomic E-state index is 9.40. The Hall–Kier alpha value is -0.160. The van der Waals surface area contributed by atoms with Crippen LogP contribution in [0.15, 0.2) is 0 Å². The highest BCUT2D eigenvalue weighted by molar-refractivity contribution is 5.00. The van der Waals surface area contributed by atoms with Crippen LogP contribution in [-0.4, -0.2) is 55.0 Å². The van der Waals surface area contributed by atoms with Crippen LogP contribution < -0.4 is 5.73 Å². The molecule has 1 saturated heterocycles. The molecule has 3 N–H and O–H groups in total. The largest absolute Gasteiger partial charge is 0.394 e. The molecule has 1 heterocycles. The third-order valence-corrected chi connectivity index (χ3v) is 3.76. The molecule has 0 aromatic heterocycles. The maximum Gasteiger partial charge on any atom is 0.0626 e. The fourth-order valence-corrected chi connectivity index (χ4v) is 2.43. The predicted molar refractivity (Wildman–Crippen MR) is 58.6 cm³/mol. The smallest absolute Gasteiger partial charge is 0.0626 e. The third kappa shape index (κ3) is 2.50. The summed E-state index contributed by atoms with van der Waals surface area (Å²) in [6.45, 7) is 2.54. The van der Waals surface area contributed by atoms with Crippen LogP contribution >= 0.6 is 0 Å². The molecule has 2 atom stereocenters. The monoisotopic (exact) mass is 214 g/mol. The van der Waals surface area contributed by atoms with Gasteiger partial charge in [-0.3, -0.25) is 4.90 Å². The molecule has 2 unspecified atom stereocenters. The maximum absolute atomic E-state index is 9.40. The van der Waals surface area contributed by atoms with Crippen molar-refractivity contribution in [3.8, 4) is 0 Å². The molecule has 15 heavy (non-hydrogen) atoms. The zero-order chi connectivity index (χ0) is 10.9. The van der Waals surface area contributed by atoms with E-state index in [0.717, 1.165) is 26.2 Å². The van der Waals surface area contributed by atoms with Gasteiger partial charge in [0.15, 0.2) is 0 Å². The van der Waals surface area contributed by atoms with Crippen molar-refractivity contribution in [3.63, 3.8) is 0 Å². The van der Waals surface area contributed by atoms with Gasteiger partial charge in [0.2, 0.25) is 0 Å². The first-order valence-electron chi connectivity index (χ1n) is 5.83. The Labute approximate surface area is 91.4 Å².